The van der Waals surface area contributed by atoms with Crippen LogP contribution >= 0.6 is 11.3 Å². The molecule has 2 aromatic heterocycles. The molecule has 0 saturated carbocycles. The molecule has 0 spiro atoms. The zero-order valence-electron chi connectivity index (χ0n) is 13.3. The minimum absolute atomic E-state index is 0.161. The fraction of sp³-hybridized carbons (Fsp3) is 0.471. The van der Waals surface area contributed by atoms with E-state index in [0.29, 0.717) is 0 Å². The Morgan fingerprint density at radius 1 is 1.18 bits per heavy atom. The van der Waals surface area contributed by atoms with Gasteiger partial charge in [0.15, 0.2) is 0 Å². The van der Waals surface area contributed by atoms with E-state index in [1.54, 1.807) is 11.3 Å². The summed E-state index contributed by atoms with van der Waals surface area (Å²) in [6.07, 6.45) is 1.04. The van der Waals surface area contributed by atoms with Gasteiger partial charge in [-0.3, -0.25) is 9.69 Å². The lowest BCUT2D eigenvalue weighted by atomic mass is 10.3. The molecule has 0 unspecified atom stereocenters. The maximum absolute atomic E-state index is 12.7. The van der Waals surface area contributed by atoms with Gasteiger partial charge in [-0.1, -0.05) is 6.07 Å². The normalized spacial score (nSPS) is 16.7. The summed E-state index contributed by atoms with van der Waals surface area (Å²) in [6.45, 7) is 6.71. The van der Waals surface area contributed by atoms with Gasteiger partial charge in [-0.05, 0) is 36.9 Å². The third kappa shape index (κ3) is 3.25. The number of carbonyl (C=O) groups is 1. The molecule has 22 heavy (non-hydrogen) atoms. The van der Waals surface area contributed by atoms with Crippen LogP contribution in [0.4, 0.5) is 0 Å². The monoisotopic (exact) mass is 317 g/mol. The molecule has 1 aliphatic rings. The van der Waals surface area contributed by atoms with Gasteiger partial charge in [-0.25, -0.2) is 0 Å². The van der Waals surface area contributed by atoms with Crippen LogP contribution in [0.1, 0.15) is 27.5 Å². The Balaban J connectivity index is 1.62. The van der Waals surface area contributed by atoms with Gasteiger partial charge in [0.05, 0.1) is 0 Å². The van der Waals surface area contributed by atoms with E-state index in [1.807, 2.05) is 35.6 Å². The first-order chi connectivity index (χ1) is 10.6. The van der Waals surface area contributed by atoms with Crippen LogP contribution in [0.25, 0.3) is 0 Å². The standard InChI is InChI=1S/C17H23N3OS/c1-14-6-7-16(18(14)2)17(21)20-9-4-8-19(10-11-20)13-15-5-3-12-22-15/h3,5-7,12H,4,8-11,13H2,1-2H3. The molecule has 1 aliphatic heterocycles. The maximum atomic E-state index is 12.7. The molecule has 0 radical (unpaired) electrons. The molecule has 0 aromatic carbocycles. The van der Waals surface area contributed by atoms with Crippen molar-refractivity contribution in [3.63, 3.8) is 0 Å². The number of thiophene rings is 1. The molecule has 2 aromatic rings. The molecule has 118 valence electrons. The summed E-state index contributed by atoms with van der Waals surface area (Å²) in [4.78, 5) is 18.6. The molecule has 4 nitrogen and oxygen atoms in total. The fourth-order valence-electron chi connectivity index (χ4n) is 2.94. The molecule has 0 atom stereocenters. The van der Waals surface area contributed by atoms with Gasteiger partial charge in [-0.15, -0.1) is 11.3 Å². The Morgan fingerprint density at radius 3 is 2.73 bits per heavy atom. The van der Waals surface area contributed by atoms with Crippen molar-refractivity contribution in [3.05, 3.63) is 45.9 Å². The van der Waals surface area contributed by atoms with Crippen molar-refractivity contribution >= 4 is 17.2 Å². The highest BCUT2D eigenvalue weighted by Gasteiger charge is 2.22. The van der Waals surface area contributed by atoms with Crippen LogP contribution in [0.15, 0.2) is 29.6 Å². The van der Waals surface area contributed by atoms with E-state index < -0.39 is 0 Å². The number of carbonyl (C=O) groups excluding carboxylic acids is 1. The van der Waals surface area contributed by atoms with Crippen molar-refractivity contribution in [2.75, 3.05) is 26.2 Å². The molecule has 0 bridgehead atoms. The van der Waals surface area contributed by atoms with Crippen LogP contribution < -0.4 is 0 Å². The Labute approximate surface area is 136 Å². The van der Waals surface area contributed by atoms with E-state index in [-0.39, 0.29) is 5.91 Å². The number of aryl methyl sites for hydroxylation is 1. The van der Waals surface area contributed by atoms with Gasteiger partial charge in [-0.2, -0.15) is 0 Å². The van der Waals surface area contributed by atoms with Crippen molar-refractivity contribution in [3.8, 4) is 0 Å². The van der Waals surface area contributed by atoms with Gasteiger partial charge in [0.1, 0.15) is 5.69 Å². The first-order valence-corrected chi connectivity index (χ1v) is 8.69. The Hall–Kier alpha value is -1.59. The molecule has 5 heteroatoms. The highest BCUT2D eigenvalue weighted by atomic mass is 32.1. The predicted octanol–water partition coefficient (Wildman–Crippen LogP) is 2.74. The third-order valence-electron chi connectivity index (χ3n) is 4.43. The summed E-state index contributed by atoms with van der Waals surface area (Å²) < 4.78 is 1.98. The average molecular weight is 317 g/mol. The second-order valence-corrected chi connectivity index (χ2v) is 6.95. The van der Waals surface area contributed by atoms with Crippen molar-refractivity contribution in [1.82, 2.24) is 14.4 Å². The third-order valence-corrected chi connectivity index (χ3v) is 5.29. The molecule has 1 amide bonds. The number of aromatic nitrogens is 1. The smallest absolute Gasteiger partial charge is 0.270 e. The number of rotatable bonds is 3. The first-order valence-electron chi connectivity index (χ1n) is 7.81. The van der Waals surface area contributed by atoms with Crippen molar-refractivity contribution in [2.45, 2.75) is 19.9 Å². The summed E-state index contributed by atoms with van der Waals surface area (Å²) in [5.74, 6) is 0.161. The van der Waals surface area contributed by atoms with Crippen LogP contribution in [0.2, 0.25) is 0 Å². The molecule has 1 fully saturated rings. The fourth-order valence-corrected chi connectivity index (χ4v) is 3.69. The number of hydrogen-bond donors (Lipinski definition) is 0. The first kappa shape index (κ1) is 15.3. The largest absolute Gasteiger partial charge is 0.344 e. The topological polar surface area (TPSA) is 28.5 Å². The molecular formula is C17H23N3OS. The highest BCUT2D eigenvalue weighted by molar-refractivity contribution is 7.09. The Morgan fingerprint density at radius 2 is 2.05 bits per heavy atom. The summed E-state index contributed by atoms with van der Waals surface area (Å²) in [5, 5.41) is 2.13. The number of amides is 1. The minimum Gasteiger partial charge on any atom is -0.344 e. The molecule has 0 aliphatic carbocycles. The quantitative estimate of drug-likeness (QED) is 0.871. The lowest BCUT2D eigenvalue weighted by Gasteiger charge is -2.22. The van der Waals surface area contributed by atoms with Gasteiger partial charge in [0.25, 0.3) is 5.91 Å². The van der Waals surface area contributed by atoms with E-state index in [1.165, 1.54) is 4.88 Å². The van der Waals surface area contributed by atoms with E-state index in [2.05, 4.69) is 22.4 Å². The van der Waals surface area contributed by atoms with Gasteiger partial charge < -0.3 is 9.47 Å². The van der Waals surface area contributed by atoms with Crippen LogP contribution in [0, 0.1) is 6.92 Å². The Kier molecular flexibility index (Phi) is 4.64. The second-order valence-electron chi connectivity index (χ2n) is 5.92. The minimum atomic E-state index is 0.161. The SMILES string of the molecule is Cc1ccc(C(=O)N2CCCN(Cc3cccs3)CC2)n1C. The van der Waals surface area contributed by atoms with Crippen LogP contribution in [0.3, 0.4) is 0 Å². The lowest BCUT2D eigenvalue weighted by Crippen LogP contribution is -2.36. The lowest BCUT2D eigenvalue weighted by molar-refractivity contribution is 0.0751. The maximum Gasteiger partial charge on any atom is 0.270 e. The molecule has 0 N–H and O–H groups in total. The zero-order valence-corrected chi connectivity index (χ0v) is 14.1. The van der Waals surface area contributed by atoms with Gasteiger partial charge >= 0.3 is 0 Å². The van der Waals surface area contributed by atoms with Gasteiger partial charge in [0, 0.05) is 50.3 Å². The Bertz CT molecular complexity index is 632. The number of nitrogens with zero attached hydrogens (tertiary/aromatic N) is 3. The zero-order chi connectivity index (χ0) is 15.5. The van der Waals surface area contributed by atoms with E-state index in [9.17, 15) is 4.79 Å². The summed E-state index contributed by atoms with van der Waals surface area (Å²) in [7, 11) is 1.96. The molecule has 3 heterocycles. The predicted molar refractivity (Wildman–Crippen MR) is 90.3 cm³/mol. The number of hydrogen-bond acceptors (Lipinski definition) is 3. The molecular weight excluding hydrogens is 294 g/mol. The second kappa shape index (κ2) is 6.67. The van der Waals surface area contributed by atoms with E-state index in [0.717, 1.165) is 50.5 Å². The van der Waals surface area contributed by atoms with Crippen molar-refractivity contribution in [1.29, 1.82) is 0 Å². The highest BCUT2D eigenvalue weighted by Crippen LogP contribution is 2.15. The van der Waals surface area contributed by atoms with Crippen molar-refractivity contribution < 1.29 is 4.79 Å². The van der Waals surface area contributed by atoms with Crippen LogP contribution in [-0.2, 0) is 13.6 Å². The van der Waals surface area contributed by atoms with Crippen LogP contribution in [0.5, 0.6) is 0 Å². The molecule has 1 saturated heterocycles. The summed E-state index contributed by atoms with van der Waals surface area (Å²) in [5.41, 5.74) is 1.92. The molecule has 3 rings (SSSR count). The van der Waals surface area contributed by atoms with E-state index in [4.69, 9.17) is 0 Å². The van der Waals surface area contributed by atoms with Gasteiger partial charge in [0.2, 0.25) is 0 Å². The summed E-state index contributed by atoms with van der Waals surface area (Å²) >= 11 is 1.81. The average Bonchev–Trinajstić information content (AvgIpc) is 3.05. The van der Waals surface area contributed by atoms with E-state index >= 15 is 0 Å². The van der Waals surface area contributed by atoms with Crippen LogP contribution in [-0.4, -0.2) is 46.5 Å². The summed E-state index contributed by atoms with van der Waals surface area (Å²) in [6, 6.07) is 8.23. The van der Waals surface area contributed by atoms with Crippen molar-refractivity contribution in [2.24, 2.45) is 7.05 Å².